The van der Waals surface area contributed by atoms with Gasteiger partial charge in [-0.05, 0) is 43.0 Å². The molecule has 1 amide bonds. The number of sulfonamides is 1. The van der Waals surface area contributed by atoms with Crippen LogP contribution in [0.15, 0.2) is 53.4 Å². The molecule has 0 aliphatic carbocycles. The summed E-state index contributed by atoms with van der Waals surface area (Å²) < 4.78 is 27.2. The van der Waals surface area contributed by atoms with E-state index in [1.54, 1.807) is 30.8 Å². The standard InChI is InChI=1S/C21H26N2O3S2/c1-17-9-10-19(15-20(17)28(25,26)23-12-5-6-13-23)21(24)22-11-14-27-16-18-7-3-2-4-8-18/h2-4,7-10,15H,5-6,11-14,16H2,1H3,(H,22,24). The van der Waals surface area contributed by atoms with Crippen LogP contribution in [-0.4, -0.2) is 44.0 Å². The average molecular weight is 419 g/mol. The van der Waals surface area contributed by atoms with Crippen molar-refractivity contribution in [3.8, 4) is 0 Å². The van der Waals surface area contributed by atoms with Gasteiger partial charge in [0.25, 0.3) is 5.91 Å². The Morgan fingerprint density at radius 3 is 2.54 bits per heavy atom. The molecule has 1 fully saturated rings. The number of carbonyl (C=O) groups excluding carboxylic acids is 1. The SMILES string of the molecule is Cc1ccc(C(=O)NCCSCc2ccccc2)cc1S(=O)(=O)N1CCCC1. The smallest absolute Gasteiger partial charge is 0.251 e. The van der Waals surface area contributed by atoms with Gasteiger partial charge in [-0.1, -0.05) is 36.4 Å². The molecule has 2 aromatic carbocycles. The topological polar surface area (TPSA) is 66.5 Å². The normalized spacial score (nSPS) is 14.9. The Bertz CT molecular complexity index is 909. The van der Waals surface area contributed by atoms with Gasteiger partial charge in [0.15, 0.2) is 0 Å². The van der Waals surface area contributed by atoms with Crippen LogP contribution >= 0.6 is 11.8 Å². The molecule has 5 nitrogen and oxygen atoms in total. The number of aryl methyl sites for hydroxylation is 1. The summed E-state index contributed by atoms with van der Waals surface area (Å²) in [4.78, 5) is 12.7. The van der Waals surface area contributed by atoms with Crippen LogP contribution in [0.4, 0.5) is 0 Å². The molecule has 1 aliphatic rings. The van der Waals surface area contributed by atoms with Gasteiger partial charge in [0.05, 0.1) is 4.90 Å². The van der Waals surface area contributed by atoms with E-state index in [-0.39, 0.29) is 10.8 Å². The van der Waals surface area contributed by atoms with Gasteiger partial charge in [-0.15, -0.1) is 0 Å². The number of rotatable bonds is 8. The van der Waals surface area contributed by atoms with Gasteiger partial charge in [0.2, 0.25) is 10.0 Å². The Balaban J connectivity index is 1.56. The molecule has 1 N–H and O–H groups in total. The zero-order chi connectivity index (χ0) is 20.0. The van der Waals surface area contributed by atoms with Crippen molar-refractivity contribution in [1.82, 2.24) is 9.62 Å². The third-order valence-corrected chi connectivity index (χ3v) is 7.85. The van der Waals surface area contributed by atoms with Gasteiger partial charge in [0.1, 0.15) is 0 Å². The van der Waals surface area contributed by atoms with Gasteiger partial charge in [-0.25, -0.2) is 8.42 Å². The van der Waals surface area contributed by atoms with Crippen molar-refractivity contribution in [1.29, 1.82) is 0 Å². The number of carbonyl (C=O) groups is 1. The zero-order valence-electron chi connectivity index (χ0n) is 16.1. The third-order valence-electron chi connectivity index (χ3n) is 4.78. The van der Waals surface area contributed by atoms with E-state index in [2.05, 4.69) is 17.4 Å². The molecule has 1 aliphatic heterocycles. The first kappa shape index (κ1) is 20.9. The van der Waals surface area contributed by atoms with E-state index in [1.807, 2.05) is 18.2 Å². The predicted molar refractivity (Wildman–Crippen MR) is 114 cm³/mol. The molecule has 150 valence electrons. The molecule has 0 saturated carbocycles. The Morgan fingerprint density at radius 2 is 1.82 bits per heavy atom. The Kier molecular flexibility index (Phi) is 7.15. The Hall–Kier alpha value is -1.83. The molecular weight excluding hydrogens is 392 g/mol. The van der Waals surface area contributed by atoms with E-state index in [0.717, 1.165) is 24.3 Å². The van der Waals surface area contributed by atoms with E-state index in [1.165, 1.54) is 15.9 Å². The van der Waals surface area contributed by atoms with Crippen molar-refractivity contribution < 1.29 is 13.2 Å². The van der Waals surface area contributed by atoms with Crippen molar-refractivity contribution in [2.75, 3.05) is 25.4 Å². The molecule has 0 atom stereocenters. The van der Waals surface area contributed by atoms with Gasteiger partial charge in [0, 0.05) is 36.7 Å². The van der Waals surface area contributed by atoms with E-state index >= 15 is 0 Å². The maximum Gasteiger partial charge on any atom is 0.251 e. The van der Waals surface area contributed by atoms with E-state index in [0.29, 0.717) is 30.8 Å². The first-order valence-electron chi connectivity index (χ1n) is 9.49. The number of hydrogen-bond donors (Lipinski definition) is 1. The minimum absolute atomic E-state index is 0.237. The molecule has 7 heteroatoms. The fourth-order valence-corrected chi connectivity index (χ4v) is 5.78. The maximum absolute atomic E-state index is 12.9. The van der Waals surface area contributed by atoms with Crippen LogP contribution < -0.4 is 5.32 Å². The molecule has 1 saturated heterocycles. The monoisotopic (exact) mass is 418 g/mol. The fourth-order valence-electron chi connectivity index (χ4n) is 3.19. The van der Waals surface area contributed by atoms with Gasteiger partial charge < -0.3 is 5.32 Å². The summed E-state index contributed by atoms with van der Waals surface area (Å²) in [7, 11) is -3.54. The van der Waals surface area contributed by atoms with Gasteiger partial charge >= 0.3 is 0 Å². The van der Waals surface area contributed by atoms with Crippen molar-refractivity contribution in [3.63, 3.8) is 0 Å². The summed E-state index contributed by atoms with van der Waals surface area (Å²) >= 11 is 1.75. The summed E-state index contributed by atoms with van der Waals surface area (Å²) in [5.41, 5.74) is 2.31. The van der Waals surface area contributed by atoms with Crippen LogP contribution in [0.25, 0.3) is 0 Å². The van der Waals surface area contributed by atoms with Crippen molar-refractivity contribution in [3.05, 3.63) is 65.2 Å². The summed E-state index contributed by atoms with van der Waals surface area (Å²) in [6.45, 7) is 3.41. The lowest BCUT2D eigenvalue weighted by Crippen LogP contribution is -2.29. The lowest BCUT2D eigenvalue weighted by atomic mass is 10.1. The van der Waals surface area contributed by atoms with Crippen LogP contribution in [0.5, 0.6) is 0 Å². The van der Waals surface area contributed by atoms with Crippen LogP contribution in [0.3, 0.4) is 0 Å². The van der Waals surface area contributed by atoms with Crippen molar-refractivity contribution in [2.24, 2.45) is 0 Å². The van der Waals surface area contributed by atoms with Crippen LogP contribution in [0, 0.1) is 6.92 Å². The van der Waals surface area contributed by atoms with Crippen molar-refractivity contribution >= 4 is 27.7 Å². The van der Waals surface area contributed by atoms with Crippen LogP contribution in [0.2, 0.25) is 0 Å². The minimum atomic E-state index is -3.54. The number of amides is 1. The molecule has 2 aromatic rings. The predicted octanol–water partition coefficient (Wildman–Crippen LogP) is 3.44. The number of nitrogens with one attached hydrogen (secondary N) is 1. The number of benzene rings is 2. The van der Waals surface area contributed by atoms with Gasteiger partial charge in [-0.2, -0.15) is 16.1 Å². The molecule has 0 aromatic heterocycles. The summed E-state index contributed by atoms with van der Waals surface area (Å²) in [6, 6.07) is 15.1. The Labute approximate surface area is 171 Å². The second-order valence-corrected chi connectivity index (χ2v) is 9.90. The molecule has 1 heterocycles. The molecule has 0 unspecified atom stereocenters. The first-order valence-corrected chi connectivity index (χ1v) is 12.1. The maximum atomic E-state index is 12.9. The molecule has 0 bridgehead atoms. The first-order chi connectivity index (χ1) is 13.5. The third kappa shape index (κ3) is 5.16. The molecule has 3 rings (SSSR count). The highest BCUT2D eigenvalue weighted by Crippen LogP contribution is 2.24. The van der Waals surface area contributed by atoms with Crippen molar-refractivity contribution in [2.45, 2.75) is 30.4 Å². The minimum Gasteiger partial charge on any atom is -0.351 e. The summed E-state index contributed by atoms with van der Waals surface area (Å²) in [6.07, 6.45) is 1.78. The highest BCUT2D eigenvalue weighted by molar-refractivity contribution is 7.98. The second-order valence-electron chi connectivity index (χ2n) is 6.89. The molecule has 0 spiro atoms. The summed E-state index contributed by atoms with van der Waals surface area (Å²) in [5, 5.41) is 2.88. The number of hydrogen-bond acceptors (Lipinski definition) is 4. The van der Waals surface area contributed by atoms with Crippen LogP contribution in [0.1, 0.15) is 34.3 Å². The quantitative estimate of drug-likeness (QED) is 0.667. The van der Waals surface area contributed by atoms with E-state index in [4.69, 9.17) is 0 Å². The fraction of sp³-hybridized carbons (Fsp3) is 0.381. The van der Waals surface area contributed by atoms with E-state index < -0.39 is 10.0 Å². The largest absolute Gasteiger partial charge is 0.351 e. The lowest BCUT2D eigenvalue weighted by molar-refractivity contribution is 0.0956. The highest BCUT2D eigenvalue weighted by atomic mass is 32.2. The van der Waals surface area contributed by atoms with E-state index in [9.17, 15) is 13.2 Å². The molecule has 0 radical (unpaired) electrons. The van der Waals surface area contributed by atoms with Gasteiger partial charge in [-0.3, -0.25) is 4.79 Å². The lowest BCUT2D eigenvalue weighted by Gasteiger charge is -2.17. The molecular formula is C21H26N2O3S2. The second kappa shape index (κ2) is 9.58. The van der Waals surface area contributed by atoms with Crippen LogP contribution in [-0.2, 0) is 15.8 Å². The number of thioether (sulfide) groups is 1. The highest BCUT2D eigenvalue weighted by Gasteiger charge is 2.29. The Morgan fingerprint density at radius 1 is 1.11 bits per heavy atom. The summed E-state index contributed by atoms with van der Waals surface area (Å²) in [5.74, 6) is 1.46. The zero-order valence-corrected chi connectivity index (χ0v) is 17.7. The molecule has 28 heavy (non-hydrogen) atoms. The average Bonchev–Trinajstić information content (AvgIpc) is 3.24. The number of nitrogens with zero attached hydrogens (tertiary/aromatic N) is 1.